The first-order chi connectivity index (χ1) is 8.74. The van der Waals surface area contributed by atoms with Crippen LogP contribution in [0.15, 0.2) is 30.3 Å². The van der Waals surface area contributed by atoms with Crippen molar-refractivity contribution in [2.24, 2.45) is 17.6 Å². The van der Waals surface area contributed by atoms with Gasteiger partial charge in [-0.1, -0.05) is 30.3 Å². The maximum atomic E-state index is 12.0. The molecular weight excluding hydrogens is 224 g/mol. The summed E-state index contributed by atoms with van der Waals surface area (Å²) in [6.45, 7) is 0.810. The second-order valence-corrected chi connectivity index (χ2v) is 5.70. The van der Waals surface area contributed by atoms with Gasteiger partial charge in [0.2, 0.25) is 5.91 Å². The van der Waals surface area contributed by atoms with Crippen molar-refractivity contribution in [2.45, 2.75) is 31.2 Å². The lowest BCUT2D eigenvalue weighted by Gasteiger charge is -2.32. The molecule has 3 N–H and O–H groups in total. The maximum Gasteiger partial charge on any atom is 0.223 e. The van der Waals surface area contributed by atoms with E-state index in [9.17, 15) is 4.79 Å². The van der Waals surface area contributed by atoms with Crippen molar-refractivity contribution in [1.82, 2.24) is 5.32 Å². The molecule has 3 rings (SSSR count). The Morgan fingerprint density at radius 3 is 2.61 bits per heavy atom. The van der Waals surface area contributed by atoms with E-state index in [-0.39, 0.29) is 11.8 Å². The Bertz CT molecular complexity index is 425. The van der Waals surface area contributed by atoms with Gasteiger partial charge in [-0.2, -0.15) is 0 Å². The Labute approximate surface area is 108 Å². The molecule has 2 unspecified atom stereocenters. The van der Waals surface area contributed by atoms with Crippen molar-refractivity contribution in [3.8, 4) is 0 Å². The first kappa shape index (κ1) is 11.7. The largest absolute Gasteiger partial charge is 0.356 e. The fourth-order valence-corrected chi connectivity index (χ4v) is 2.88. The fraction of sp³-hybridized carbons (Fsp3) is 0.533. The molecule has 18 heavy (non-hydrogen) atoms. The summed E-state index contributed by atoms with van der Waals surface area (Å²) in [5.41, 5.74) is 7.03. The van der Waals surface area contributed by atoms with Gasteiger partial charge in [-0.15, -0.1) is 0 Å². The first-order valence-electron chi connectivity index (χ1n) is 6.82. The van der Waals surface area contributed by atoms with Gasteiger partial charge in [-0.25, -0.2) is 0 Å². The molecule has 3 nitrogen and oxygen atoms in total. The van der Waals surface area contributed by atoms with Crippen molar-refractivity contribution in [3.63, 3.8) is 0 Å². The number of nitrogens with two attached hydrogens (primary N) is 1. The van der Waals surface area contributed by atoms with Gasteiger partial charge < -0.3 is 11.1 Å². The van der Waals surface area contributed by atoms with E-state index in [1.165, 1.54) is 5.56 Å². The van der Waals surface area contributed by atoms with Crippen molar-refractivity contribution >= 4 is 5.91 Å². The molecule has 0 saturated heterocycles. The first-order valence-corrected chi connectivity index (χ1v) is 6.82. The van der Waals surface area contributed by atoms with Gasteiger partial charge in [-0.3, -0.25) is 4.79 Å². The summed E-state index contributed by atoms with van der Waals surface area (Å²) in [5, 5.41) is 3.07. The minimum atomic E-state index is 0.196. The third-order valence-electron chi connectivity index (χ3n) is 4.19. The number of nitrogens with one attached hydrogen (secondary N) is 1. The number of rotatable bonds is 4. The van der Waals surface area contributed by atoms with Crippen molar-refractivity contribution < 1.29 is 4.79 Å². The Kier molecular flexibility index (Phi) is 3.08. The van der Waals surface area contributed by atoms with Crippen LogP contribution in [0.5, 0.6) is 0 Å². The number of hydrogen-bond acceptors (Lipinski definition) is 2. The zero-order chi connectivity index (χ0) is 12.5. The average Bonchev–Trinajstić information content (AvgIpc) is 3.14. The van der Waals surface area contributed by atoms with E-state index in [4.69, 9.17) is 5.73 Å². The normalized spacial score (nSPS) is 33.6. The quantitative estimate of drug-likeness (QED) is 0.846. The molecule has 0 heterocycles. The highest BCUT2D eigenvalue weighted by molar-refractivity contribution is 5.82. The third-order valence-corrected chi connectivity index (χ3v) is 4.19. The lowest BCUT2D eigenvalue weighted by molar-refractivity contribution is -0.122. The van der Waals surface area contributed by atoms with Crippen LogP contribution in [0.4, 0.5) is 0 Å². The van der Waals surface area contributed by atoms with Crippen LogP contribution in [0.25, 0.3) is 0 Å². The molecule has 2 saturated carbocycles. The van der Waals surface area contributed by atoms with Gasteiger partial charge in [0.1, 0.15) is 0 Å². The standard InChI is InChI=1S/C15H20N2O/c16-12-6-10(7-12)9-17-15(18)14-8-13(14)11-4-2-1-3-5-11/h1-5,10,12-14H,6-9,16H2,(H,17,18). The maximum absolute atomic E-state index is 12.0. The predicted molar refractivity (Wildman–Crippen MR) is 71.0 cm³/mol. The Morgan fingerprint density at radius 1 is 1.22 bits per heavy atom. The second kappa shape index (κ2) is 4.73. The van der Waals surface area contributed by atoms with E-state index in [0.29, 0.717) is 17.9 Å². The monoisotopic (exact) mass is 244 g/mol. The molecule has 2 fully saturated rings. The summed E-state index contributed by atoms with van der Waals surface area (Å²) in [7, 11) is 0. The SMILES string of the molecule is NC1CC(CNC(=O)C2CC2c2ccccc2)C1. The summed E-state index contributed by atoms with van der Waals surface area (Å²) in [5.74, 6) is 1.47. The molecule has 0 spiro atoms. The van der Waals surface area contributed by atoms with Crippen LogP contribution >= 0.6 is 0 Å². The summed E-state index contributed by atoms with van der Waals surface area (Å²) >= 11 is 0. The molecule has 1 aromatic rings. The molecule has 2 aliphatic rings. The van der Waals surface area contributed by atoms with Crippen LogP contribution in [0.1, 0.15) is 30.7 Å². The summed E-state index contributed by atoms with van der Waals surface area (Å²) in [6, 6.07) is 10.7. The van der Waals surface area contributed by atoms with Gasteiger partial charge in [0, 0.05) is 18.5 Å². The van der Waals surface area contributed by atoms with Crippen LogP contribution in [0, 0.1) is 11.8 Å². The molecule has 2 aliphatic carbocycles. The lowest BCUT2D eigenvalue weighted by atomic mass is 9.81. The van der Waals surface area contributed by atoms with Gasteiger partial charge in [0.15, 0.2) is 0 Å². The molecule has 0 bridgehead atoms. The van der Waals surface area contributed by atoms with Crippen LogP contribution in [-0.4, -0.2) is 18.5 Å². The van der Waals surface area contributed by atoms with Crippen LogP contribution in [0.2, 0.25) is 0 Å². The fourth-order valence-electron chi connectivity index (χ4n) is 2.88. The average molecular weight is 244 g/mol. The Balaban J connectivity index is 1.45. The molecule has 0 aliphatic heterocycles. The third kappa shape index (κ3) is 2.41. The van der Waals surface area contributed by atoms with Crippen LogP contribution < -0.4 is 11.1 Å². The topological polar surface area (TPSA) is 55.1 Å². The second-order valence-electron chi connectivity index (χ2n) is 5.70. The van der Waals surface area contributed by atoms with Gasteiger partial charge >= 0.3 is 0 Å². The summed E-state index contributed by atoms with van der Waals surface area (Å²) in [4.78, 5) is 12.0. The van der Waals surface area contributed by atoms with E-state index in [0.717, 1.165) is 25.8 Å². The zero-order valence-corrected chi connectivity index (χ0v) is 10.5. The highest BCUT2D eigenvalue weighted by Crippen LogP contribution is 2.47. The summed E-state index contributed by atoms with van der Waals surface area (Å²) in [6.07, 6.45) is 3.13. The van der Waals surface area contributed by atoms with Gasteiger partial charge in [0.05, 0.1) is 0 Å². The van der Waals surface area contributed by atoms with Crippen molar-refractivity contribution in [1.29, 1.82) is 0 Å². The van der Waals surface area contributed by atoms with Gasteiger partial charge in [0.25, 0.3) is 0 Å². The number of benzene rings is 1. The summed E-state index contributed by atoms with van der Waals surface area (Å²) < 4.78 is 0. The number of hydrogen-bond donors (Lipinski definition) is 2. The number of carbonyl (C=O) groups excluding carboxylic acids is 1. The smallest absolute Gasteiger partial charge is 0.223 e. The highest BCUT2D eigenvalue weighted by Gasteiger charge is 2.43. The van der Waals surface area contributed by atoms with Crippen LogP contribution in [0.3, 0.4) is 0 Å². The Hall–Kier alpha value is -1.35. The molecule has 0 radical (unpaired) electrons. The zero-order valence-electron chi connectivity index (χ0n) is 10.5. The van der Waals surface area contributed by atoms with Crippen LogP contribution in [-0.2, 0) is 4.79 Å². The molecule has 96 valence electrons. The Morgan fingerprint density at radius 2 is 1.94 bits per heavy atom. The van der Waals surface area contributed by atoms with Crippen molar-refractivity contribution in [2.75, 3.05) is 6.54 Å². The molecule has 1 amide bonds. The molecule has 3 heteroatoms. The molecule has 0 aromatic heterocycles. The molecule has 1 aromatic carbocycles. The number of carbonyl (C=O) groups is 1. The minimum absolute atomic E-state index is 0.196. The predicted octanol–water partition coefficient (Wildman–Crippen LogP) is 1.64. The lowest BCUT2D eigenvalue weighted by Crippen LogP contribution is -2.43. The van der Waals surface area contributed by atoms with Crippen molar-refractivity contribution in [3.05, 3.63) is 35.9 Å². The van der Waals surface area contributed by atoms with E-state index in [1.54, 1.807) is 0 Å². The minimum Gasteiger partial charge on any atom is -0.356 e. The van der Waals surface area contributed by atoms with E-state index in [2.05, 4.69) is 17.4 Å². The van der Waals surface area contributed by atoms with E-state index >= 15 is 0 Å². The molecule has 2 atom stereocenters. The number of amides is 1. The van der Waals surface area contributed by atoms with E-state index in [1.807, 2.05) is 18.2 Å². The molecular formula is C15H20N2O. The van der Waals surface area contributed by atoms with E-state index < -0.39 is 0 Å². The highest BCUT2D eigenvalue weighted by atomic mass is 16.2. The van der Waals surface area contributed by atoms with Gasteiger partial charge in [-0.05, 0) is 36.7 Å².